The fourth-order valence-electron chi connectivity index (χ4n) is 3.04. The lowest BCUT2D eigenvalue weighted by Gasteiger charge is -2.33. The number of nitriles is 1. The van der Waals surface area contributed by atoms with E-state index >= 15 is 0 Å². The molecule has 1 aliphatic heterocycles. The van der Waals surface area contributed by atoms with Crippen LogP contribution in [0, 0.1) is 11.3 Å². The Kier molecular flexibility index (Phi) is 6.06. The normalized spacial score (nSPS) is 21.9. The number of hydrogen-bond donors (Lipinski definition) is 1. The summed E-state index contributed by atoms with van der Waals surface area (Å²) in [7, 11) is 0. The summed E-state index contributed by atoms with van der Waals surface area (Å²) >= 11 is 0. The molecule has 2 rings (SSSR count). The quantitative estimate of drug-likeness (QED) is 0.629. The van der Waals surface area contributed by atoms with Crippen LogP contribution < -0.4 is 5.32 Å². The monoisotopic (exact) mass is 290 g/mol. The summed E-state index contributed by atoms with van der Waals surface area (Å²) < 4.78 is 0. The highest BCUT2D eigenvalue weighted by atomic mass is 16.1. The molecule has 1 amide bonds. The Labute approximate surface area is 127 Å². The van der Waals surface area contributed by atoms with Crippen molar-refractivity contribution in [2.24, 2.45) is 0 Å². The number of nitrogens with zero attached hydrogens (tertiary/aromatic N) is 3. The number of rotatable bonds is 4. The van der Waals surface area contributed by atoms with Crippen molar-refractivity contribution < 1.29 is 4.79 Å². The number of carbonyl (C=O) groups excluding carboxylic acids is 1. The summed E-state index contributed by atoms with van der Waals surface area (Å²) in [5, 5.41) is 12.3. The first-order valence-electron chi connectivity index (χ1n) is 8.12. The van der Waals surface area contributed by atoms with Crippen molar-refractivity contribution in [2.45, 2.75) is 45.1 Å². The van der Waals surface area contributed by atoms with Crippen LogP contribution in [0.2, 0.25) is 0 Å². The van der Waals surface area contributed by atoms with Gasteiger partial charge < -0.3 is 15.1 Å². The second-order valence-corrected chi connectivity index (χ2v) is 5.93. The highest BCUT2D eigenvalue weighted by Crippen LogP contribution is 2.17. The summed E-state index contributed by atoms with van der Waals surface area (Å²) in [5.74, 6) is -0.206. The zero-order valence-electron chi connectivity index (χ0n) is 13.0. The number of carbonyl (C=O) groups is 1. The summed E-state index contributed by atoms with van der Waals surface area (Å²) in [5.41, 5.74) is 0.241. The van der Waals surface area contributed by atoms with Gasteiger partial charge in [0.1, 0.15) is 11.6 Å². The zero-order chi connectivity index (χ0) is 15.1. The van der Waals surface area contributed by atoms with Crippen molar-refractivity contribution in [3.05, 3.63) is 11.8 Å². The van der Waals surface area contributed by atoms with E-state index < -0.39 is 0 Å². The number of likely N-dealkylation sites (N-methyl/N-ethyl adjacent to an activating group) is 1. The van der Waals surface area contributed by atoms with Crippen LogP contribution in [0.15, 0.2) is 11.8 Å². The van der Waals surface area contributed by atoms with E-state index in [2.05, 4.69) is 28.1 Å². The minimum Gasteiger partial charge on any atom is -0.374 e. The third-order valence-electron chi connectivity index (χ3n) is 4.47. The van der Waals surface area contributed by atoms with E-state index in [4.69, 9.17) is 0 Å². The Bertz CT molecular complexity index is 412. The van der Waals surface area contributed by atoms with E-state index in [9.17, 15) is 10.1 Å². The predicted octanol–water partition coefficient (Wildman–Crippen LogP) is 1.48. The van der Waals surface area contributed by atoms with Crippen LogP contribution in [0.5, 0.6) is 0 Å². The second-order valence-electron chi connectivity index (χ2n) is 5.93. The van der Waals surface area contributed by atoms with Crippen molar-refractivity contribution in [3.8, 4) is 6.07 Å². The van der Waals surface area contributed by atoms with Crippen molar-refractivity contribution in [3.63, 3.8) is 0 Å². The van der Waals surface area contributed by atoms with Crippen molar-refractivity contribution in [1.29, 1.82) is 5.26 Å². The third-order valence-corrected chi connectivity index (χ3v) is 4.47. The maximum atomic E-state index is 12.2. The lowest BCUT2D eigenvalue weighted by atomic mass is 9.95. The van der Waals surface area contributed by atoms with Gasteiger partial charge in [0.2, 0.25) is 0 Å². The SMILES string of the molecule is CCN1CCN(/C=C(/C#N)C(=O)NC2CCCCC2)CC1. The molecule has 5 heteroatoms. The number of hydrogen-bond acceptors (Lipinski definition) is 4. The molecule has 1 aliphatic carbocycles. The maximum absolute atomic E-state index is 12.2. The Hall–Kier alpha value is -1.54. The first-order chi connectivity index (χ1) is 10.2. The first kappa shape index (κ1) is 15.8. The summed E-state index contributed by atoms with van der Waals surface area (Å²) in [6.45, 7) is 6.98. The van der Waals surface area contributed by atoms with E-state index in [-0.39, 0.29) is 17.5 Å². The summed E-state index contributed by atoms with van der Waals surface area (Å²) in [4.78, 5) is 16.7. The smallest absolute Gasteiger partial charge is 0.263 e. The van der Waals surface area contributed by atoms with Crippen LogP contribution in [-0.2, 0) is 4.79 Å². The molecule has 1 saturated heterocycles. The van der Waals surface area contributed by atoms with Gasteiger partial charge in [-0.1, -0.05) is 26.2 Å². The average molecular weight is 290 g/mol. The van der Waals surface area contributed by atoms with Gasteiger partial charge in [-0.3, -0.25) is 4.79 Å². The van der Waals surface area contributed by atoms with Crippen molar-refractivity contribution >= 4 is 5.91 Å². The molecule has 0 aromatic carbocycles. The lowest BCUT2D eigenvalue weighted by molar-refractivity contribution is -0.118. The van der Waals surface area contributed by atoms with E-state index in [1.54, 1.807) is 6.20 Å². The number of nitrogens with one attached hydrogen (secondary N) is 1. The van der Waals surface area contributed by atoms with E-state index in [1.165, 1.54) is 19.3 Å². The fourth-order valence-corrected chi connectivity index (χ4v) is 3.04. The molecule has 1 N–H and O–H groups in total. The maximum Gasteiger partial charge on any atom is 0.263 e. The Morgan fingerprint density at radius 3 is 2.48 bits per heavy atom. The van der Waals surface area contributed by atoms with Gasteiger partial charge in [-0.05, 0) is 19.4 Å². The standard InChI is InChI=1S/C16H26N4O/c1-2-19-8-10-20(11-9-19)13-14(12-17)16(21)18-15-6-4-3-5-7-15/h13,15H,2-11H2,1H3,(H,18,21)/b14-13-. The molecule has 0 spiro atoms. The van der Waals surface area contributed by atoms with Gasteiger partial charge >= 0.3 is 0 Å². The van der Waals surface area contributed by atoms with E-state index in [0.717, 1.165) is 45.6 Å². The molecule has 1 saturated carbocycles. The van der Waals surface area contributed by atoms with Crippen LogP contribution in [0.25, 0.3) is 0 Å². The average Bonchev–Trinajstić information content (AvgIpc) is 2.54. The van der Waals surface area contributed by atoms with Crippen LogP contribution in [-0.4, -0.2) is 54.5 Å². The number of piperazine rings is 1. The van der Waals surface area contributed by atoms with Crippen LogP contribution in [0.1, 0.15) is 39.0 Å². The second kappa shape index (κ2) is 8.04. The topological polar surface area (TPSA) is 59.4 Å². The van der Waals surface area contributed by atoms with Crippen LogP contribution >= 0.6 is 0 Å². The Morgan fingerprint density at radius 1 is 1.24 bits per heavy atom. The molecule has 2 fully saturated rings. The highest BCUT2D eigenvalue weighted by Gasteiger charge is 2.20. The van der Waals surface area contributed by atoms with Gasteiger partial charge in [-0.2, -0.15) is 5.26 Å². The van der Waals surface area contributed by atoms with Gasteiger partial charge in [0, 0.05) is 38.4 Å². The molecule has 0 atom stereocenters. The van der Waals surface area contributed by atoms with Crippen molar-refractivity contribution in [1.82, 2.24) is 15.1 Å². The predicted molar refractivity (Wildman–Crippen MR) is 82.4 cm³/mol. The minimum absolute atomic E-state index is 0.206. The molecule has 0 aromatic heterocycles. The number of amides is 1. The van der Waals surface area contributed by atoms with Gasteiger partial charge in [0.05, 0.1) is 0 Å². The summed E-state index contributed by atoms with van der Waals surface area (Å²) in [6.07, 6.45) is 7.43. The molecular formula is C16H26N4O. The van der Waals surface area contributed by atoms with Gasteiger partial charge in [-0.15, -0.1) is 0 Å². The lowest BCUT2D eigenvalue weighted by Crippen LogP contribution is -2.44. The van der Waals surface area contributed by atoms with E-state index in [0.29, 0.717) is 0 Å². The molecule has 0 aromatic rings. The molecule has 1 heterocycles. The molecular weight excluding hydrogens is 264 g/mol. The molecule has 21 heavy (non-hydrogen) atoms. The molecule has 0 bridgehead atoms. The molecule has 0 unspecified atom stereocenters. The minimum atomic E-state index is -0.206. The Morgan fingerprint density at radius 2 is 1.90 bits per heavy atom. The van der Waals surface area contributed by atoms with Crippen LogP contribution in [0.3, 0.4) is 0 Å². The Balaban J connectivity index is 1.87. The highest BCUT2D eigenvalue weighted by molar-refractivity contribution is 5.97. The van der Waals surface area contributed by atoms with Crippen molar-refractivity contribution in [2.75, 3.05) is 32.7 Å². The van der Waals surface area contributed by atoms with Gasteiger partial charge in [0.25, 0.3) is 5.91 Å². The summed E-state index contributed by atoms with van der Waals surface area (Å²) in [6, 6.07) is 2.31. The molecule has 0 radical (unpaired) electrons. The van der Waals surface area contributed by atoms with E-state index in [1.807, 2.05) is 0 Å². The third kappa shape index (κ3) is 4.75. The first-order valence-corrected chi connectivity index (χ1v) is 8.12. The molecule has 5 nitrogen and oxygen atoms in total. The van der Waals surface area contributed by atoms with Gasteiger partial charge in [0.15, 0.2) is 0 Å². The molecule has 2 aliphatic rings. The largest absolute Gasteiger partial charge is 0.374 e. The van der Waals surface area contributed by atoms with Crippen LogP contribution in [0.4, 0.5) is 0 Å². The zero-order valence-corrected chi connectivity index (χ0v) is 13.0. The molecule has 116 valence electrons. The fraction of sp³-hybridized carbons (Fsp3) is 0.750. The van der Waals surface area contributed by atoms with Gasteiger partial charge in [-0.25, -0.2) is 0 Å².